The van der Waals surface area contributed by atoms with Gasteiger partial charge in [-0.25, -0.2) is 0 Å². The van der Waals surface area contributed by atoms with Crippen molar-refractivity contribution in [2.45, 2.75) is 11.8 Å². The average molecular weight is 453 g/mol. The van der Waals surface area contributed by atoms with Crippen LogP contribution in [-0.2, 0) is 0 Å². The van der Waals surface area contributed by atoms with Crippen LogP contribution in [-0.4, -0.2) is 0 Å². The van der Waals surface area contributed by atoms with Crippen LogP contribution in [0.5, 0.6) is 0 Å². The van der Waals surface area contributed by atoms with E-state index in [0.29, 0.717) is 0 Å². The minimum absolute atomic E-state index is 0.0611. The summed E-state index contributed by atoms with van der Waals surface area (Å²) in [7, 11) is 0. The van der Waals surface area contributed by atoms with Gasteiger partial charge in [0.15, 0.2) is 0 Å². The van der Waals surface area contributed by atoms with Gasteiger partial charge in [-0.1, -0.05) is 145 Å². The predicted molar refractivity (Wildman–Crippen MR) is 137 cm³/mol. The minimum Gasteiger partial charge on any atom is -0.0840 e. The molecule has 32 heavy (non-hydrogen) atoms. The Morgan fingerprint density at radius 3 is 1.94 bits per heavy atom. The van der Waals surface area contributed by atoms with E-state index in [1.807, 2.05) is 36.4 Å². The van der Waals surface area contributed by atoms with Crippen LogP contribution in [0.1, 0.15) is 39.7 Å². The molecule has 1 aliphatic rings. The van der Waals surface area contributed by atoms with Gasteiger partial charge >= 0.3 is 0 Å². The largest absolute Gasteiger partial charge is 0.0840 e. The molecule has 0 radical (unpaired) electrons. The lowest BCUT2D eigenvalue weighted by Gasteiger charge is -2.24. The second kappa shape index (κ2) is 9.20. The summed E-state index contributed by atoms with van der Waals surface area (Å²) in [5, 5.41) is 1.54. The summed E-state index contributed by atoms with van der Waals surface area (Å²) in [4.78, 5) is 0. The Morgan fingerprint density at radius 2 is 1.25 bits per heavy atom. The topological polar surface area (TPSA) is 0 Å². The Morgan fingerprint density at radius 1 is 0.688 bits per heavy atom. The summed E-state index contributed by atoms with van der Waals surface area (Å²) in [5.41, 5.74) is 6.91. The van der Waals surface area contributed by atoms with Crippen molar-refractivity contribution in [2.24, 2.45) is 0 Å². The SMILES string of the molecule is ClC1=C([C@@H](/C=C(\Cl)c2ccccc2)c2ccccc2)[C@H](c2ccccc2)c2ccccc21. The van der Waals surface area contributed by atoms with Crippen molar-refractivity contribution in [2.75, 3.05) is 0 Å². The van der Waals surface area contributed by atoms with Crippen LogP contribution in [0.2, 0.25) is 0 Å². The Hall–Kier alpha value is -3.06. The molecule has 0 unspecified atom stereocenters. The minimum atomic E-state index is -0.0611. The first-order valence-corrected chi connectivity index (χ1v) is 11.5. The van der Waals surface area contributed by atoms with E-state index in [1.165, 1.54) is 22.3 Å². The van der Waals surface area contributed by atoms with Crippen LogP contribution >= 0.6 is 23.2 Å². The zero-order valence-corrected chi connectivity index (χ0v) is 19.0. The molecule has 4 aromatic carbocycles. The van der Waals surface area contributed by atoms with E-state index in [1.54, 1.807) is 0 Å². The summed E-state index contributed by atoms with van der Waals surface area (Å²) >= 11 is 14.0. The van der Waals surface area contributed by atoms with Crippen LogP contribution in [0, 0.1) is 0 Å². The van der Waals surface area contributed by atoms with Crippen LogP contribution in [0.15, 0.2) is 127 Å². The summed E-state index contributed by atoms with van der Waals surface area (Å²) in [6, 6.07) is 39.6. The van der Waals surface area contributed by atoms with Crippen LogP contribution in [0.25, 0.3) is 10.1 Å². The van der Waals surface area contributed by atoms with E-state index >= 15 is 0 Å². The molecule has 0 aromatic heterocycles. The molecule has 0 saturated carbocycles. The van der Waals surface area contributed by atoms with Crippen molar-refractivity contribution in [3.05, 3.63) is 155 Å². The van der Waals surface area contributed by atoms with Crippen molar-refractivity contribution in [1.82, 2.24) is 0 Å². The Labute approximate surface area is 199 Å². The smallest absolute Gasteiger partial charge is 0.0492 e. The molecule has 0 heterocycles. The third-order valence-corrected chi connectivity index (χ3v) is 6.83. The number of hydrogen-bond donors (Lipinski definition) is 0. The molecule has 2 heteroatoms. The molecule has 2 atom stereocenters. The van der Waals surface area contributed by atoms with E-state index in [0.717, 1.165) is 21.2 Å². The molecule has 0 N–H and O–H groups in total. The molecule has 0 amide bonds. The monoisotopic (exact) mass is 452 g/mol. The van der Waals surface area contributed by atoms with Gasteiger partial charge < -0.3 is 0 Å². The first kappa shape index (κ1) is 20.8. The molecular formula is C30H22Cl2. The lowest BCUT2D eigenvalue weighted by atomic mass is 9.79. The number of halogens is 2. The summed E-state index contributed by atoms with van der Waals surface area (Å²) in [6.07, 6.45) is 2.14. The van der Waals surface area contributed by atoms with Gasteiger partial charge in [-0.2, -0.15) is 0 Å². The maximum Gasteiger partial charge on any atom is 0.0492 e. The van der Waals surface area contributed by atoms with Crippen LogP contribution < -0.4 is 0 Å². The highest BCUT2D eigenvalue weighted by Gasteiger charge is 2.35. The highest BCUT2D eigenvalue weighted by molar-refractivity contribution is 6.50. The van der Waals surface area contributed by atoms with Gasteiger partial charge in [0.25, 0.3) is 0 Å². The molecule has 0 spiro atoms. The predicted octanol–water partition coefficient (Wildman–Crippen LogP) is 8.85. The Kier molecular flexibility index (Phi) is 5.99. The second-order valence-corrected chi connectivity index (χ2v) is 8.75. The zero-order chi connectivity index (χ0) is 21.9. The van der Waals surface area contributed by atoms with Gasteiger partial charge in [0.05, 0.1) is 0 Å². The molecule has 0 aliphatic heterocycles. The summed E-state index contributed by atoms with van der Waals surface area (Å²) in [6.45, 7) is 0. The van der Waals surface area contributed by atoms with Crippen LogP contribution in [0.4, 0.5) is 0 Å². The van der Waals surface area contributed by atoms with Gasteiger partial charge in [-0.3, -0.25) is 0 Å². The molecule has 0 nitrogen and oxygen atoms in total. The van der Waals surface area contributed by atoms with E-state index in [4.69, 9.17) is 23.2 Å². The second-order valence-electron chi connectivity index (χ2n) is 7.97. The zero-order valence-electron chi connectivity index (χ0n) is 17.5. The lowest BCUT2D eigenvalue weighted by Crippen LogP contribution is -2.09. The number of fused-ring (bicyclic) bond motifs is 1. The lowest BCUT2D eigenvalue weighted by molar-refractivity contribution is 0.863. The van der Waals surface area contributed by atoms with Crippen molar-refractivity contribution in [1.29, 1.82) is 0 Å². The van der Waals surface area contributed by atoms with E-state index in [2.05, 4.69) is 84.9 Å². The Bertz CT molecular complexity index is 1270. The molecule has 5 rings (SSSR count). The number of hydrogen-bond acceptors (Lipinski definition) is 0. The summed E-state index contributed by atoms with van der Waals surface area (Å²) < 4.78 is 0. The van der Waals surface area contributed by atoms with Crippen molar-refractivity contribution in [3.63, 3.8) is 0 Å². The average Bonchev–Trinajstić information content (AvgIpc) is 3.16. The number of benzene rings is 4. The van der Waals surface area contributed by atoms with Gasteiger partial charge in [0, 0.05) is 21.9 Å². The fraction of sp³-hybridized carbons (Fsp3) is 0.0667. The maximum absolute atomic E-state index is 7.13. The third-order valence-electron chi connectivity index (χ3n) is 6.06. The summed E-state index contributed by atoms with van der Waals surface area (Å²) in [5.74, 6) is 0.00982. The molecule has 156 valence electrons. The normalized spacial score (nSPS) is 16.7. The number of allylic oxidation sites excluding steroid dienone is 2. The molecule has 0 saturated heterocycles. The van der Waals surface area contributed by atoms with Gasteiger partial charge in [0.1, 0.15) is 0 Å². The van der Waals surface area contributed by atoms with E-state index < -0.39 is 0 Å². The standard InChI is InChI=1S/C30H22Cl2/c31-27(22-14-6-2-7-15-22)20-26(21-12-4-1-5-13-21)29-28(23-16-8-3-9-17-23)24-18-10-11-19-25(24)30(29)32/h1-20,26,28H/b27-20-/t26-,28+/m0/s1. The Balaban J connectivity index is 1.72. The van der Waals surface area contributed by atoms with E-state index in [-0.39, 0.29) is 11.8 Å². The first-order valence-electron chi connectivity index (χ1n) is 10.8. The van der Waals surface area contributed by atoms with Gasteiger partial charge in [0.2, 0.25) is 0 Å². The quantitative estimate of drug-likeness (QED) is 0.283. The highest BCUT2D eigenvalue weighted by Crippen LogP contribution is 2.53. The molecule has 0 fully saturated rings. The molecule has 0 bridgehead atoms. The van der Waals surface area contributed by atoms with Gasteiger partial charge in [-0.05, 0) is 33.4 Å². The first-order chi connectivity index (χ1) is 15.7. The third kappa shape index (κ3) is 3.93. The van der Waals surface area contributed by atoms with Gasteiger partial charge in [-0.15, -0.1) is 0 Å². The fourth-order valence-corrected chi connectivity index (χ4v) is 5.24. The van der Waals surface area contributed by atoms with Crippen LogP contribution in [0.3, 0.4) is 0 Å². The van der Waals surface area contributed by atoms with Crippen molar-refractivity contribution >= 4 is 33.3 Å². The molecular weight excluding hydrogens is 431 g/mol. The molecule has 4 aromatic rings. The fourth-order valence-electron chi connectivity index (χ4n) is 4.58. The maximum atomic E-state index is 7.13. The highest BCUT2D eigenvalue weighted by atomic mass is 35.5. The van der Waals surface area contributed by atoms with Crippen molar-refractivity contribution in [3.8, 4) is 0 Å². The van der Waals surface area contributed by atoms with Crippen molar-refractivity contribution < 1.29 is 0 Å². The number of rotatable bonds is 5. The molecule has 1 aliphatic carbocycles. The van der Waals surface area contributed by atoms with E-state index in [9.17, 15) is 0 Å².